The van der Waals surface area contributed by atoms with Crippen LogP contribution in [0.3, 0.4) is 0 Å². The van der Waals surface area contributed by atoms with Gasteiger partial charge < -0.3 is 14.4 Å². The van der Waals surface area contributed by atoms with Crippen LogP contribution in [0.5, 0.6) is 5.75 Å². The zero-order chi connectivity index (χ0) is 18.2. The summed E-state index contributed by atoms with van der Waals surface area (Å²) in [5, 5.41) is 0. The Morgan fingerprint density at radius 1 is 1.20 bits per heavy atom. The van der Waals surface area contributed by atoms with Gasteiger partial charge in [0.25, 0.3) is 0 Å². The van der Waals surface area contributed by atoms with Crippen LogP contribution in [-0.2, 0) is 14.3 Å². The highest BCUT2D eigenvalue weighted by Crippen LogP contribution is 2.28. The molecule has 1 aromatic rings. The van der Waals surface area contributed by atoms with Crippen molar-refractivity contribution in [2.24, 2.45) is 5.92 Å². The third-order valence-corrected chi connectivity index (χ3v) is 4.04. The first-order valence-corrected chi connectivity index (χ1v) is 8.93. The average Bonchev–Trinajstić information content (AvgIpc) is 3.44. The molecule has 0 spiro atoms. The highest BCUT2D eigenvalue weighted by atomic mass is 16.5. The summed E-state index contributed by atoms with van der Waals surface area (Å²) in [6, 6.07) is 7.84. The maximum absolute atomic E-state index is 12.5. The molecule has 1 aromatic carbocycles. The van der Waals surface area contributed by atoms with Crippen molar-refractivity contribution >= 4 is 18.0 Å². The van der Waals surface area contributed by atoms with Gasteiger partial charge >= 0.3 is 5.97 Å². The molecule has 5 heteroatoms. The minimum Gasteiger partial charge on any atom is -0.494 e. The number of benzene rings is 1. The molecule has 1 atom stereocenters. The van der Waals surface area contributed by atoms with Crippen molar-refractivity contribution < 1.29 is 19.1 Å². The van der Waals surface area contributed by atoms with Gasteiger partial charge in [-0.15, -0.1) is 0 Å². The van der Waals surface area contributed by atoms with E-state index < -0.39 is 0 Å². The van der Waals surface area contributed by atoms with Crippen molar-refractivity contribution in [3.8, 4) is 5.75 Å². The summed E-state index contributed by atoms with van der Waals surface area (Å²) in [4.78, 5) is 26.1. The molecule has 0 saturated heterocycles. The number of esters is 1. The summed E-state index contributed by atoms with van der Waals surface area (Å²) in [6.07, 6.45) is 5.37. The lowest BCUT2D eigenvalue weighted by Gasteiger charge is -2.23. The molecule has 136 valence electrons. The molecule has 0 N–H and O–H groups in total. The lowest BCUT2D eigenvalue weighted by atomic mass is 10.1. The number of ether oxygens (including phenoxy) is 2. The van der Waals surface area contributed by atoms with Crippen molar-refractivity contribution in [1.82, 2.24) is 4.90 Å². The van der Waals surface area contributed by atoms with E-state index in [0.29, 0.717) is 19.8 Å². The fourth-order valence-electron chi connectivity index (χ4n) is 2.56. The molecule has 25 heavy (non-hydrogen) atoms. The smallest absolute Gasteiger partial charge is 0.310 e. The van der Waals surface area contributed by atoms with Gasteiger partial charge in [0.2, 0.25) is 5.91 Å². The Morgan fingerprint density at radius 3 is 2.44 bits per heavy atom. The second-order valence-corrected chi connectivity index (χ2v) is 6.21. The number of amides is 1. The van der Waals surface area contributed by atoms with E-state index in [1.807, 2.05) is 31.2 Å². The van der Waals surface area contributed by atoms with E-state index in [1.165, 1.54) is 0 Å². The Hall–Kier alpha value is -2.30. The quantitative estimate of drug-likeness (QED) is 0.509. The monoisotopic (exact) mass is 345 g/mol. The van der Waals surface area contributed by atoms with Gasteiger partial charge in [-0.1, -0.05) is 19.1 Å². The summed E-state index contributed by atoms with van der Waals surface area (Å²) in [7, 11) is 0. The summed E-state index contributed by atoms with van der Waals surface area (Å²) in [6.45, 7) is 6.91. The van der Waals surface area contributed by atoms with Gasteiger partial charge in [-0.2, -0.15) is 0 Å². The van der Waals surface area contributed by atoms with Crippen LogP contribution in [0.4, 0.5) is 0 Å². The van der Waals surface area contributed by atoms with Crippen LogP contribution in [0.15, 0.2) is 30.3 Å². The van der Waals surface area contributed by atoms with E-state index in [1.54, 1.807) is 30.9 Å². The van der Waals surface area contributed by atoms with Gasteiger partial charge in [0.05, 0.1) is 19.1 Å². The van der Waals surface area contributed by atoms with E-state index in [0.717, 1.165) is 24.2 Å². The minimum atomic E-state index is -0.316. The molecule has 1 saturated carbocycles. The van der Waals surface area contributed by atoms with Crippen molar-refractivity contribution in [2.45, 2.75) is 39.7 Å². The Bertz CT molecular complexity index is 605. The number of carbonyl (C=O) groups excluding carboxylic acids is 2. The van der Waals surface area contributed by atoms with Crippen LogP contribution in [-0.4, -0.2) is 42.6 Å². The second-order valence-electron chi connectivity index (χ2n) is 6.21. The predicted octanol–water partition coefficient (Wildman–Crippen LogP) is 3.29. The molecule has 1 unspecified atom stereocenters. The van der Waals surface area contributed by atoms with E-state index in [2.05, 4.69) is 0 Å². The van der Waals surface area contributed by atoms with Gasteiger partial charge in [0, 0.05) is 18.7 Å². The maximum atomic E-state index is 12.5. The molecular weight excluding hydrogens is 318 g/mol. The molecule has 1 fully saturated rings. The summed E-state index contributed by atoms with van der Waals surface area (Å²) in [5.41, 5.74) is 0.936. The van der Waals surface area contributed by atoms with Crippen molar-refractivity contribution in [1.29, 1.82) is 0 Å². The number of hydrogen-bond acceptors (Lipinski definition) is 4. The van der Waals surface area contributed by atoms with Crippen LogP contribution in [0.25, 0.3) is 6.08 Å². The van der Waals surface area contributed by atoms with E-state index in [4.69, 9.17) is 9.47 Å². The Kier molecular flexibility index (Phi) is 7.04. The average molecular weight is 345 g/mol. The number of rotatable bonds is 9. The SMILES string of the molecule is CCOC(=O)C(C)CN(C(=O)/C=C/c1ccc(OCC)cc1)C1CC1. The topological polar surface area (TPSA) is 55.8 Å². The Balaban J connectivity index is 1.96. The molecule has 1 amide bonds. The summed E-state index contributed by atoms with van der Waals surface area (Å²) in [5.74, 6) is 0.182. The minimum absolute atomic E-state index is 0.0625. The molecule has 0 heterocycles. The van der Waals surface area contributed by atoms with Gasteiger partial charge in [0.15, 0.2) is 0 Å². The molecule has 0 aliphatic heterocycles. The van der Waals surface area contributed by atoms with Gasteiger partial charge in [-0.3, -0.25) is 9.59 Å². The fraction of sp³-hybridized carbons (Fsp3) is 0.500. The van der Waals surface area contributed by atoms with E-state index in [-0.39, 0.29) is 23.8 Å². The third-order valence-electron chi connectivity index (χ3n) is 4.04. The fourth-order valence-corrected chi connectivity index (χ4v) is 2.56. The molecule has 0 radical (unpaired) electrons. The maximum Gasteiger partial charge on any atom is 0.310 e. The number of nitrogens with zero attached hydrogens (tertiary/aromatic N) is 1. The first kappa shape index (κ1) is 19.0. The summed E-state index contributed by atoms with van der Waals surface area (Å²) >= 11 is 0. The van der Waals surface area contributed by atoms with E-state index >= 15 is 0 Å². The van der Waals surface area contributed by atoms with Crippen LogP contribution in [0.2, 0.25) is 0 Å². The zero-order valence-electron chi connectivity index (χ0n) is 15.2. The lowest BCUT2D eigenvalue weighted by molar-refractivity contribution is -0.148. The van der Waals surface area contributed by atoms with Gasteiger partial charge in [-0.25, -0.2) is 0 Å². The number of hydrogen-bond donors (Lipinski definition) is 0. The second kappa shape index (κ2) is 9.25. The van der Waals surface area contributed by atoms with Crippen LogP contribution in [0, 0.1) is 5.92 Å². The molecule has 0 bridgehead atoms. The molecule has 1 aliphatic rings. The normalized spacial score (nSPS) is 15.0. The molecule has 0 aromatic heterocycles. The molecular formula is C20H27NO4. The lowest BCUT2D eigenvalue weighted by Crippen LogP contribution is -2.38. The zero-order valence-corrected chi connectivity index (χ0v) is 15.2. The van der Waals surface area contributed by atoms with Crippen LogP contribution >= 0.6 is 0 Å². The third kappa shape index (κ3) is 5.93. The Labute approximate surface area is 149 Å². The highest BCUT2D eigenvalue weighted by molar-refractivity contribution is 5.92. The van der Waals surface area contributed by atoms with Gasteiger partial charge in [-0.05, 0) is 50.5 Å². The standard InChI is InChI=1S/C20H27NO4/c1-4-24-18-11-6-16(7-12-18)8-13-19(22)21(17-9-10-17)14-15(3)20(23)25-5-2/h6-8,11-13,15,17H,4-5,9-10,14H2,1-3H3/b13-8+. The van der Waals surface area contributed by atoms with E-state index in [9.17, 15) is 9.59 Å². The van der Waals surface area contributed by atoms with Crippen molar-refractivity contribution in [2.75, 3.05) is 19.8 Å². The molecule has 5 nitrogen and oxygen atoms in total. The highest BCUT2D eigenvalue weighted by Gasteiger charge is 2.33. The Morgan fingerprint density at radius 2 is 1.88 bits per heavy atom. The van der Waals surface area contributed by atoms with Crippen molar-refractivity contribution in [3.63, 3.8) is 0 Å². The first-order valence-electron chi connectivity index (χ1n) is 8.93. The largest absolute Gasteiger partial charge is 0.494 e. The predicted molar refractivity (Wildman–Crippen MR) is 97.2 cm³/mol. The van der Waals surface area contributed by atoms with Gasteiger partial charge in [0.1, 0.15) is 5.75 Å². The summed E-state index contributed by atoms with van der Waals surface area (Å²) < 4.78 is 10.4. The van der Waals surface area contributed by atoms with Crippen LogP contribution < -0.4 is 4.74 Å². The van der Waals surface area contributed by atoms with Crippen molar-refractivity contribution in [3.05, 3.63) is 35.9 Å². The molecule has 2 rings (SSSR count). The number of carbonyl (C=O) groups is 2. The van der Waals surface area contributed by atoms with Crippen LogP contribution in [0.1, 0.15) is 39.2 Å². The molecule has 1 aliphatic carbocycles. The first-order chi connectivity index (χ1) is 12.0.